The molecule has 5 nitrogen and oxygen atoms in total. The maximum Gasteiger partial charge on any atom is 0.270 e. The molecule has 5 heteroatoms. The van der Waals surface area contributed by atoms with Crippen LogP contribution in [0.2, 0.25) is 0 Å². The van der Waals surface area contributed by atoms with Crippen molar-refractivity contribution >= 4 is 23.0 Å². The summed E-state index contributed by atoms with van der Waals surface area (Å²) in [6.45, 7) is 2.52. The first-order valence-corrected chi connectivity index (χ1v) is 8.86. The van der Waals surface area contributed by atoms with Gasteiger partial charge < -0.3 is 15.5 Å². The van der Waals surface area contributed by atoms with Crippen LogP contribution in [0.3, 0.4) is 0 Å². The summed E-state index contributed by atoms with van der Waals surface area (Å²) < 4.78 is 0. The van der Waals surface area contributed by atoms with Crippen molar-refractivity contribution in [2.24, 2.45) is 0 Å². The second-order valence-corrected chi connectivity index (χ2v) is 6.61. The highest BCUT2D eigenvalue weighted by Crippen LogP contribution is 2.20. The molecule has 2 aromatic carbocycles. The molecule has 0 unspecified atom stereocenters. The van der Waals surface area contributed by atoms with Crippen LogP contribution in [-0.2, 0) is 6.54 Å². The molecule has 3 aromatic rings. The van der Waals surface area contributed by atoms with E-state index in [2.05, 4.69) is 15.6 Å². The van der Waals surface area contributed by atoms with Gasteiger partial charge in [-0.2, -0.15) is 0 Å². The van der Waals surface area contributed by atoms with E-state index in [-0.39, 0.29) is 5.91 Å². The number of pyridine rings is 1. The third-order valence-corrected chi connectivity index (χ3v) is 4.37. The molecule has 2 N–H and O–H groups in total. The van der Waals surface area contributed by atoms with E-state index in [1.54, 1.807) is 12.3 Å². The van der Waals surface area contributed by atoms with Gasteiger partial charge in [0.2, 0.25) is 0 Å². The number of carbonyl (C=O) groups is 1. The fraction of sp³-hybridized carbons (Fsp3) is 0.182. The van der Waals surface area contributed by atoms with Crippen LogP contribution < -0.4 is 15.5 Å². The molecule has 1 aromatic heterocycles. The summed E-state index contributed by atoms with van der Waals surface area (Å²) >= 11 is 0. The Morgan fingerprint density at radius 3 is 2.44 bits per heavy atom. The number of rotatable bonds is 6. The SMILES string of the molecule is Cc1ccccc1CNC(=O)c1cc(Nc2ccc(N(C)C)cc2)ccn1. The molecule has 0 spiro atoms. The summed E-state index contributed by atoms with van der Waals surface area (Å²) in [5.41, 5.74) is 5.55. The number of anilines is 3. The van der Waals surface area contributed by atoms with Crippen molar-refractivity contribution in [3.05, 3.63) is 83.7 Å². The molecule has 27 heavy (non-hydrogen) atoms. The average Bonchev–Trinajstić information content (AvgIpc) is 2.68. The van der Waals surface area contributed by atoms with E-state index in [0.29, 0.717) is 12.2 Å². The van der Waals surface area contributed by atoms with Gasteiger partial charge in [-0.3, -0.25) is 9.78 Å². The van der Waals surface area contributed by atoms with Crippen LogP contribution in [0.5, 0.6) is 0 Å². The van der Waals surface area contributed by atoms with Crippen LogP contribution >= 0.6 is 0 Å². The van der Waals surface area contributed by atoms with Crippen LogP contribution in [0.15, 0.2) is 66.9 Å². The van der Waals surface area contributed by atoms with Crippen molar-refractivity contribution in [2.75, 3.05) is 24.3 Å². The predicted molar refractivity (Wildman–Crippen MR) is 111 cm³/mol. The van der Waals surface area contributed by atoms with Crippen LogP contribution in [0.4, 0.5) is 17.1 Å². The van der Waals surface area contributed by atoms with Gasteiger partial charge in [0.15, 0.2) is 0 Å². The van der Waals surface area contributed by atoms with Crippen LogP contribution in [0.1, 0.15) is 21.6 Å². The number of nitrogens with one attached hydrogen (secondary N) is 2. The number of aromatic nitrogens is 1. The molecule has 3 rings (SSSR count). The zero-order valence-electron chi connectivity index (χ0n) is 15.9. The minimum Gasteiger partial charge on any atom is -0.378 e. The lowest BCUT2D eigenvalue weighted by molar-refractivity contribution is 0.0946. The van der Waals surface area contributed by atoms with Crippen molar-refractivity contribution in [1.82, 2.24) is 10.3 Å². The molecule has 0 aliphatic heterocycles. The standard InChI is InChI=1S/C22H24N4O/c1-16-6-4-5-7-17(16)15-24-22(27)21-14-19(12-13-23-21)25-18-8-10-20(11-9-18)26(2)3/h4-14H,15H2,1-3H3,(H,23,25)(H,24,27). The Morgan fingerprint density at radius 2 is 1.74 bits per heavy atom. The molecular formula is C22H24N4O. The third kappa shape index (κ3) is 4.85. The Bertz CT molecular complexity index is 920. The van der Waals surface area contributed by atoms with Crippen LogP contribution in [0, 0.1) is 6.92 Å². The van der Waals surface area contributed by atoms with E-state index in [9.17, 15) is 4.79 Å². The summed E-state index contributed by atoms with van der Waals surface area (Å²) in [5, 5.41) is 6.24. The Labute approximate surface area is 160 Å². The maximum absolute atomic E-state index is 12.4. The molecule has 0 fully saturated rings. The van der Waals surface area contributed by atoms with Gasteiger partial charge in [-0.1, -0.05) is 24.3 Å². The second-order valence-electron chi connectivity index (χ2n) is 6.61. The molecule has 138 valence electrons. The molecule has 1 heterocycles. The summed E-state index contributed by atoms with van der Waals surface area (Å²) in [6, 6.07) is 19.7. The molecule has 1 amide bonds. The van der Waals surface area contributed by atoms with Crippen molar-refractivity contribution < 1.29 is 4.79 Å². The highest BCUT2D eigenvalue weighted by atomic mass is 16.1. The van der Waals surface area contributed by atoms with Crippen LogP contribution in [0.25, 0.3) is 0 Å². The largest absolute Gasteiger partial charge is 0.378 e. The number of aryl methyl sites for hydroxylation is 1. The normalized spacial score (nSPS) is 10.3. The minimum absolute atomic E-state index is 0.190. The Kier molecular flexibility index (Phi) is 5.71. The fourth-order valence-electron chi connectivity index (χ4n) is 2.72. The number of carbonyl (C=O) groups excluding carboxylic acids is 1. The number of benzene rings is 2. The summed E-state index contributed by atoms with van der Waals surface area (Å²) in [4.78, 5) is 18.7. The second kappa shape index (κ2) is 8.36. The van der Waals surface area contributed by atoms with E-state index in [4.69, 9.17) is 0 Å². The Morgan fingerprint density at radius 1 is 1.00 bits per heavy atom. The molecule has 0 saturated heterocycles. The Balaban J connectivity index is 1.65. The molecular weight excluding hydrogens is 336 g/mol. The topological polar surface area (TPSA) is 57.3 Å². The van der Waals surface area contributed by atoms with Gasteiger partial charge in [-0.25, -0.2) is 0 Å². The first kappa shape index (κ1) is 18.5. The number of nitrogens with zero attached hydrogens (tertiary/aromatic N) is 2. The Hall–Kier alpha value is -3.34. The van der Waals surface area contributed by atoms with E-state index in [0.717, 1.165) is 28.2 Å². The molecule has 0 aliphatic rings. The predicted octanol–water partition coefficient (Wildman–Crippen LogP) is 4.13. The van der Waals surface area contributed by atoms with Gasteiger partial charge >= 0.3 is 0 Å². The lowest BCUT2D eigenvalue weighted by atomic mass is 10.1. The van der Waals surface area contributed by atoms with Gasteiger partial charge in [-0.15, -0.1) is 0 Å². The van der Waals surface area contributed by atoms with E-state index in [1.807, 2.05) is 80.5 Å². The van der Waals surface area contributed by atoms with Gasteiger partial charge in [-0.05, 0) is 54.4 Å². The smallest absolute Gasteiger partial charge is 0.270 e. The molecule has 0 radical (unpaired) electrons. The van der Waals surface area contributed by atoms with Crippen LogP contribution in [-0.4, -0.2) is 25.0 Å². The average molecular weight is 360 g/mol. The molecule has 0 bridgehead atoms. The first-order valence-electron chi connectivity index (χ1n) is 8.86. The maximum atomic E-state index is 12.4. The molecule has 0 saturated carbocycles. The zero-order chi connectivity index (χ0) is 19.2. The summed E-state index contributed by atoms with van der Waals surface area (Å²) in [6.07, 6.45) is 1.64. The highest BCUT2D eigenvalue weighted by molar-refractivity contribution is 5.93. The first-order chi connectivity index (χ1) is 13.0. The quantitative estimate of drug-likeness (QED) is 0.694. The fourth-order valence-corrected chi connectivity index (χ4v) is 2.72. The minimum atomic E-state index is -0.190. The lowest BCUT2D eigenvalue weighted by Crippen LogP contribution is -2.24. The van der Waals surface area contributed by atoms with Gasteiger partial charge in [0.1, 0.15) is 5.69 Å². The van der Waals surface area contributed by atoms with Crippen molar-refractivity contribution in [2.45, 2.75) is 13.5 Å². The van der Waals surface area contributed by atoms with E-state index >= 15 is 0 Å². The number of hydrogen-bond donors (Lipinski definition) is 2. The van der Waals surface area contributed by atoms with E-state index in [1.165, 1.54) is 0 Å². The molecule has 0 aliphatic carbocycles. The van der Waals surface area contributed by atoms with Crippen molar-refractivity contribution in [3.8, 4) is 0 Å². The monoisotopic (exact) mass is 360 g/mol. The van der Waals surface area contributed by atoms with Gasteiger partial charge in [0, 0.05) is 43.9 Å². The van der Waals surface area contributed by atoms with E-state index < -0.39 is 0 Å². The summed E-state index contributed by atoms with van der Waals surface area (Å²) in [5.74, 6) is -0.190. The highest BCUT2D eigenvalue weighted by Gasteiger charge is 2.09. The zero-order valence-corrected chi connectivity index (χ0v) is 15.9. The summed E-state index contributed by atoms with van der Waals surface area (Å²) in [7, 11) is 4.01. The number of amides is 1. The van der Waals surface area contributed by atoms with Crippen molar-refractivity contribution in [1.29, 1.82) is 0 Å². The van der Waals surface area contributed by atoms with Gasteiger partial charge in [0.25, 0.3) is 5.91 Å². The third-order valence-electron chi connectivity index (χ3n) is 4.37. The number of hydrogen-bond acceptors (Lipinski definition) is 4. The van der Waals surface area contributed by atoms with Gasteiger partial charge in [0.05, 0.1) is 0 Å². The molecule has 0 atom stereocenters. The lowest BCUT2D eigenvalue weighted by Gasteiger charge is -2.13. The van der Waals surface area contributed by atoms with Crippen molar-refractivity contribution in [3.63, 3.8) is 0 Å².